The van der Waals surface area contributed by atoms with Crippen molar-refractivity contribution in [2.75, 3.05) is 16.8 Å². The molecule has 0 saturated heterocycles. The highest BCUT2D eigenvalue weighted by Gasteiger charge is 2.49. The fraction of sp³-hybridized carbons (Fsp3) is 0.500. The van der Waals surface area contributed by atoms with E-state index in [9.17, 15) is 9.90 Å². The van der Waals surface area contributed by atoms with Crippen molar-refractivity contribution in [3.05, 3.63) is 18.2 Å². The first kappa shape index (κ1) is 11.4. The van der Waals surface area contributed by atoms with Crippen molar-refractivity contribution < 1.29 is 9.90 Å². The van der Waals surface area contributed by atoms with E-state index in [0.717, 1.165) is 37.9 Å². The number of carbonyl (C=O) groups excluding carboxylic acids is 1. The van der Waals surface area contributed by atoms with Gasteiger partial charge in [-0.15, -0.1) is 0 Å². The van der Waals surface area contributed by atoms with E-state index in [0.29, 0.717) is 5.69 Å². The number of amides is 1. The second-order valence-electron chi connectivity index (χ2n) is 5.11. The Hall–Kier alpha value is -1.71. The van der Waals surface area contributed by atoms with Gasteiger partial charge in [0.15, 0.2) is 0 Å². The first-order chi connectivity index (χ1) is 8.69. The smallest absolute Gasteiger partial charge is 0.250 e. The van der Waals surface area contributed by atoms with Gasteiger partial charge in [0.1, 0.15) is 17.0 Å². The minimum absolute atomic E-state index is 0.0378. The Kier molecular flexibility index (Phi) is 2.47. The number of hydrogen-bond acceptors (Lipinski definition) is 3. The largest absolute Gasteiger partial charge is 0.506 e. The quantitative estimate of drug-likeness (QED) is 0.748. The van der Waals surface area contributed by atoms with Gasteiger partial charge in [-0.25, -0.2) is 0 Å². The van der Waals surface area contributed by atoms with E-state index in [2.05, 4.69) is 17.1 Å². The van der Waals surface area contributed by atoms with Crippen LogP contribution >= 0.6 is 0 Å². The highest BCUT2D eigenvalue weighted by Crippen LogP contribution is 2.47. The van der Waals surface area contributed by atoms with Crippen LogP contribution in [0.3, 0.4) is 0 Å². The topological polar surface area (TPSA) is 52.6 Å². The number of aromatic hydroxyl groups is 1. The average molecular weight is 246 g/mol. The van der Waals surface area contributed by atoms with E-state index in [1.165, 1.54) is 0 Å². The van der Waals surface area contributed by atoms with Crippen molar-refractivity contribution in [3.8, 4) is 5.75 Å². The van der Waals surface area contributed by atoms with Gasteiger partial charge in [-0.3, -0.25) is 4.79 Å². The zero-order valence-electron chi connectivity index (χ0n) is 10.6. The summed E-state index contributed by atoms with van der Waals surface area (Å²) in [6.45, 7) is 2.84. The number of rotatable bonds is 1. The summed E-state index contributed by atoms with van der Waals surface area (Å²) in [5, 5.41) is 12.8. The van der Waals surface area contributed by atoms with Crippen molar-refractivity contribution in [1.29, 1.82) is 0 Å². The Balaban J connectivity index is 2.15. The van der Waals surface area contributed by atoms with E-state index < -0.39 is 5.54 Å². The Morgan fingerprint density at radius 2 is 2.11 bits per heavy atom. The molecule has 1 aliphatic carbocycles. The number of likely N-dealkylation sites (N-methyl/N-ethyl adjacent to an activating group) is 1. The number of para-hydroxylation sites is 1. The van der Waals surface area contributed by atoms with Crippen LogP contribution in [0.1, 0.15) is 32.6 Å². The highest BCUT2D eigenvalue weighted by atomic mass is 16.3. The molecule has 2 aliphatic rings. The molecule has 0 radical (unpaired) electrons. The molecule has 4 nitrogen and oxygen atoms in total. The maximum atomic E-state index is 12.4. The van der Waals surface area contributed by atoms with Crippen LogP contribution in [0.5, 0.6) is 5.75 Å². The third-order valence-corrected chi connectivity index (χ3v) is 4.24. The predicted molar refractivity (Wildman–Crippen MR) is 71.0 cm³/mol. The van der Waals surface area contributed by atoms with E-state index in [1.807, 2.05) is 12.1 Å². The van der Waals surface area contributed by atoms with Gasteiger partial charge in [-0.2, -0.15) is 0 Å². The lowest BCUT2D eigenvalue weighted by molar-refractivity contribution is -0.121. The van der Waals surface area contributed by atoms with Gasteiger partial charge in [0.05, 0.1) is 5.69 Å². The van der Waals surface area contributed by atoms with E-state index in [-0.39, 0.29) is 11.7 Å². The minimum Gasteiger partial charge on any atom is -0.506 e. The second-order valence-corrected chi connectivity index (χ2v) is 5.11. The molecule has 1 spiro atoms. The summed E-state index contributed by atoms with van der Waals surface area (Å²) in [4.78, 5) is 14.6. The van der Waals surface area contributed by atoms with Gasteiger partial charge in [0.25, 0.3) is 0 Å². The van der Waals surface area contributed by atoms with Crippen LogP contribution in [-0.2, 0) is 4.79 Å². The average Bonchev–Trinajstić information content (AvgIpc) is 2.83. The van der Waals surface area contributed by atoms with Crippen LogP contribution in [0.15, 0.2) is 18.2 Å². The van der Waals surface area contributed by atoms with Crippen LogP contribution in [-0.4, -0.2) is 23.1 Å². The number of hydrogen-bond donors (Lipinski definition) is 2. The summed E-state index contributed by atoms with van der Waals surface area (Å²) < 4.78 is 0. The molecule has 3 rings (SSSR count). The molecule has 4 heteroatoms. The molecule has 1 fully saturated rings. The number of benzene rings is 1. The maximum absolute atomic E-state index is 12.4. The molecular formula is C14H18N2O2. The van der Waals surface area contributed by atoms with Crippen molar-refractivity contribution >= 4 is 17.3 Å². The highest BCUT2D eigenvalue weighted by molar-refractivity contribution is 6.08. The molecule has 96 valence electrons. The lowest BCUT2D eigenvalue weighted by Gasteiger charge is -2.45. The SMILES string of the molecule is CCN1c2cccc(O)c2NC(=O)C12CCCC2. The van der Waals surface area contributed by atoms with E-state index in [4.69, 9.17) is 0 Å². The number of nitrogens with zero attached hydrogens (tertiary/aromatic N) is 1. The third kappa shape index (κ3) is 1.35. The minimum atomic E-state index is -0.393. The number of nitrogens with one attached hydrogen (secondary N) is 1. The molecule has 1 aromatic rings. The number of phenols is 1. The molecule has 0 bridgehead atoms. The Labute approximate surface area is 107 Å². The van der Waals surface area contributed by atoms with Crippen molar-refractivity contribution in [1.82, 2.24) is 0 Å². The zero-order valence-corrected chi connectivity index (χ0v) is 10.6. The Morgan fingerprint density at radius 1 is 1.39 bits per heavy atom. The van der Waals surface area contributed by atoms with Crippen LogP contribution < -0.4 is 10.2 Å². The van der Waals surface area contributed by atoms with Gasteiger partial charge in [-0.05, 0) is 31.9 Å². The fourth-order valence-corrected chi connectivity index (χ4v) is 3.39. The lowest BCUT2D eigenvalue weighted by atomic mass is 9.90. The van der Waals surface area contributed by atoms with E-state index >= 15 is 0 Å². The molecule has 1 amide bonds. The molecule has 0 unspecified atom stereocenters. The molecular weight excluding hydrogens is 228 g/mol. The van der Waals surface area contributed by atoms with Crippen LogP contribution in [0.2, 0.25) is 0 Å². The van der Waals surface area contributed by atoms with Gasteiger partial charge in [-0.1, -0.05) is 18.9 Å². The van der Waals surface area contributed by atoms with Gasteiger partial charge < -0.3 is 15.3 Å². The van der Waals surface area contributed by atoms with Crippen LogP contribution in [0.4, 0.5) is 11.4 Å². The standard InChI is InChI=1S/C14H18N2O2/c1-2-16-10-6-5-7-11(17)12(10)15-13(18)14(16)8-3-4-9-14/h5-7,17H,2-4,8-9H2,1H3,(H,15,18). The van der Waals surface area contributed by atoms with Gasteiger partial charge in [0, 0.05) is 6.54 Å². The van der Waals surface area contributed by atoms with Gasteiger partial charge in [0.2, 0.25) is 5.91 Å². The molecule has 1 saturated carbocycles. The monoisotopic (exact) mass is 246 g/mol. The number of anilines is 2. The first-order valence-corrected chi connectivity index (χ1v) is 6.60. The molecule has 18 heavy (non-hydrogen) atoms. The second kappa shape index (κ2) is 3.90. The van der Waals surface area contributed by atoms with Crippen molar-refractivity contribution in [2.24, 2.45) is 0 Å². The van der Waals surface area contributed by atoms with E-state index in [1.54, 1.807) is 6.07 Å². The molecule has 1 aliphatic heterocycles. The summed E-state index contributed by atoms with van der Waals surface area (Å²) in [5.41, 5.74) is 1.11. The van der Waals surface area contributed by atoms with Crippen LogP contribution in [0, 0.1) is 0 Å². The Morgan fingerprint density at radius 3 is 2.78 bits per heavy atom. The summed E-state index contributed by atoms with van der Waals surface area (Å²) in [6, 6.07) is 5.41. The number of carbonyl (C=O) groups is 1. The first-order valence-electron chi connectivity index (χ1n) is 6.60. The molecule has 0 aromatic heterocycles. The maximum Gasteiger partial charge on any atom is 0.250 e. The van der Waals surface area contributed by atoms with Crippen molar-refractivity contribution in [3.63, 3.8) is 0 Å². The summed E-state index contributed by atoms with van der Waals surface area (Å²) >= 11 is 0. The lowest BCUT2D eigenvalue weighted by Crippen LogP contribution is -2.58. The zero-order chi connectivity index (χ0) is 12.8. The summed E-state index contributed by atoms with van der Waals surface area (Å²) in [5.74, 6) is 0.183. The predicted octanol–water partition coefficient (Wildman–Crippen LogP) is 2.48. The molecule has 0 atom stereocenters. The molecule has 2 N–H and O–H groups in total. The molecule has 1 heterocycles. The van der Waals surface area contributed by atoms with Crippen LogP contribution in [0.25, 0.3) is 0 Å². The fourth-order valence-electron chi connectivity index (χ4n) is 3.39. The van der Waals surface area contributed by atoms with Gasteiger partial charge >= 0.3 is 0 Å². The molecule has 1 aromatic carbocycles. The number of fused-ring (bicyclic) bond motifs is 1. The number of phenolic OH excluding ortho intramolecular Hbond substituents is 1. The third-order valence-electron chi connectivity index (χ3n) is 4.24. The Bertz CT molecular complexity index is 493. The van der Waals surface area contributed by atoms with Crippen molar-refractivity contribution in [2.45, 2.75) is 38.1 Å². The summed E-state index contributed by atoms with van der Waals surface area (Å²) in [7, 11) is 0. The normalized spacial score (nSPS) is 20.9. The summed E-state index contributed by atoms with van der Waals surface area (Å²) in [6.07, 6.45) is 4.00.